The fourth-order valence-electron chi connectivity index (χ4n) is 2.94. The van der Waals surface area contributed by atoms with Gasteiger partial charge in [-0.15, -0.1) is 0 Å². The molecule has 0 spiro atoms. The van der Waals surface area contributed by atoms with Crippen LogP contribution in [0.2, 0.25) is 5.02 Å². The number of nitrogens with zero attached hydrogens (tertiary/aromatic N) is 1. The van der Waals surface area contributed by atoms with Crippen molar-refractivity contribution in [1.29, 1.82) is 0 Å². The van der Waals surface area contributed by atoms with Crippen molar-refractivity contribution in [2.24, 2.45) is 0 Å². The van der Waals surface area contributed by atoms with Crippen molar-refractivity contribution in [3.8, 4) is 5.75 Å². The minimum Gasteiger partial charge on any atom is -0.482 e. The number of carbonyl (C=O) groups is 1. The highest BCUT2D eigenvalue weighted by Gasteiger charge is 2.23. The van der Waals surface area contributed by atoms with Crippen molar-refractivity contribution in [1.82, 2.24) is 10.2 Å². The van der Waals surface area contributed by atoms with Gasteiger partial charge in [0.15, 0.2) is 6.61 Å². The third-order valence-electron chi connectivity index (χ3n) is 4.14. The smallest absolute Gasteiger partial charge is 0.258 e. The molecule has 0 unspecified atom stereocenters. The number of nitrogens with one attached hydrogen (secondary N) is 1. The molecular formula is C19H20ClFN2O2. The summed E-state index contributed by atoms with van der Waals surface area (Å²) >= 11 is 5.88. The Morgan fingerprint density at radius 3 is 2.84 bits per heavy atom. The quantitative estimate of drug-likeness (QED) is 0.857. The van der Waals surface area contributed by atoms with Gasteiger partial charge in [0, 0.05) is 25.7 Å². The maximum atomic E-state index is 13.0. The molecule has 1 N–H and O–H groups in total. The number of hydrogen-bond donors (Lipinski definition) is 1. The summed E-state index contributed by atoms with van der Waals surface area (Å²) in [6.07, 6.45) is 0.913. The predicted octanol–water partition coefficient (Wildman–Crippen LogP) is 3.25. The molecule has 1 fully saturated rings. The number of rotatable bonds is 6. The highest BCUT2D eigenvalue weighted by molar-refractivity contribution is 6.32. The Balaban J connectivity index is 1.43. The van der Waals surface area contributed by atoms with Crippen molar-refractivity contribution in [2.75, 3.05) is 19.7 Å². The van der Waals surface area contributed by atoms with E-state index in [4.69, 9.17) is 16.3 Å². The number of hydrogen-bond acceptors (Lipinski definition) is 3. The molecule has 1 atom stereocenters. The van der Waals surface area contributed by atoms with Gasteiger partial charge in [-0.25, -0.2) is 4.39 Å². The number of carbonyl (C=O) groups excluding carboxylic acids is 1. The first kappa shape index (κ1) is 17.7. The lowest BCUT2D eigenvalue weighted by Crippen LogP contribution is -2.39. The molecule has 0 aromatic heterocycles. The Hall–Kier alpha value is -2.11. The van der Waals surface area contributed by atoms with Gasteiger partial charge in [0.25, 0.3) is 5.91 Å². The second kappa shape index (κ2) is 8.32. The van der Waals surface area contributed by atoms with E-state index < -0.39 is 5.82 Å². The standard InChI is InChI=1S/C19H20ClFN2O2/c20-17-10-15(21)6-7-18(17)25-13-19(24)22-16-8-9-23(12-16)11-14-4-2-1-3-5-14/h1-7,10,16H,8-9,11-13H2,(H,22,24)/t16-/m0/s1. The Morgan fingerprint density at radius 2 is 2.08 bits per heavy atom. The van der Waals surface area contributed by atoms with Gasteiger partial charge in [0.05, 0.1) is 5.02 Å². The van der Waals surface area contributed by atoms with E-state index in [0.717, 1.165) is 32.1 Å². The number of ether oxygens (including phenoxy) is 1. The van der Waals surface area contributed by atoms with E-state index in [1.54, 1.807) is 0 Å². The molecule has 2 aromatic rings. The third kappa shape index (κ3) is 5.18. The SMILES string of the molecule is O=C(COc1ccc(F)cc1Cl)N[C@H]1CCN(Cc2ccccc2)C1. The van der Waals surface area contributed by atoms with E-state index in [0.29, 0.717) is 5.75 Å². The van der Waals surface area contributed by atoms with Crippen LogP contribution in [0, 0.1) is 5.82 Å². The van der Waals surface area contributed by atoms with Crippen LogP contribution in [0.5, 0.6) is 5.75 Å². The highest BCUT2D eigenvalue weighted by atomic mass is 35.5. The van der Waals surface area contributed by atoms with E-state index in [9.17, 15) is 9.18 Å². The van der Waals surface area contributed by atoms with Gasteiger partial charge < -0.3 is 10.1 Å². The molecule has 0 saturated carbocycles. The maximum Gasteiger partial charge on any atom is 0.258 e. The maximum absolute atomic E-state index is 13.0. The van der Waals surface area contributed by atoms with Crippen LogP contribution in [0.1, 0.15) is 12.0 Å². The first-order chi connectivity index (χ1) is 12.1. The van der Waals surface area contributed by atoms with Crippen molar-refractivity contribution >= 4 is 17.5 Å². The Kier molecular flexibility index (Phi) is 5.89. The second-order valence-electron chi connectivity index (χ2n) is 6.14. The summed E-state index contributed by atoms with van der Waals surface area (Å²) < 4.78 is 18.3. The lowest BCUT2D eigenvalue weighted by molar-refractivity contribution is -0.123. The summed E-state index contributed by atoms with van der Waals surface area (Å²) in [5.74, 6) is -0.339. The average Bonchev–Trinajstić information content (AvgIpc) is 3.02. The number of amides is 1. The average molecular weight is 363 g/mol. The van der Waals surface area contributed by atoms with Crippen LogP contribution in [0.25, 0.3) is 0 Å². The zero-order valence-electron chi connectivity index (χ0n) is 13.8. The number of likely N-dealkylation sites (tertiary alicyclic amines) is 1. The molecule has 1 amide bonds. The van der Waals surface area contributed by atoms with E-state index in [-0.39, 0.29) is 23.6 Å². The van der Waals surface area contributed by atoms with Gasteiger partial charge in [0.1, 0.15) is 11.6 Å². The third-order valence-corrected chi connectivity index (χ3v) is 4.43. The fourth-order valence-corrected chi connectivity index (χ4v) is 3.16. The predicted molar refractivity (Wildman–Crippen MR) is 95.2 cm³/mol. The molecule has 0 aliphatic carbocycles. The van der Waals surface area contributed by atoms with Crippen molar-refractivity contribution in [3.05, 3.63) is 64.9 Å². The van der Waals surface area contributed by atoms with Crippen LogP contribution < -0.4 is 10.1 Å². The molecule has 132 valence electrons. The summed E-state index contributed by atoms with van der Waals surface area (Å²) in [5, 5.41) is 3.13. The molecule has 1 aliphatic rings. The minimum absolute atomic E-state index is 0.114. The first-order valence-electron chi connectivity index (χ1n) is 8.23. The number of benzene rings is 2. The lowest BCUT2D eigenvalue weighted by Gasteiger charge is -2.17. The molecule has 0 bridgehead atoms. The van der Waals surface area contributed by atoms with E-state index in [1.807, 2.05) is 18.2 Å². The molecule has 1 heterocycles. The van der Waals surface area contributed by atoms with Gasteiger partial charge in [0.2, 0.25) is 0 Å². The molecule has 25 heavy (non-hydrogen) atoms. The van der Waals surface area contributed by atoms with Crippen LogP contribution in [0.15, 0.2) is 48.5 Å². The molecule has 4 nitrogen and oxygen atoms in total. The van der Waals surface area contributed by atoms with Crippen molar-refractivity contribution in [2.45, 2.75) is 19.0 Å². The van der Waals surface area contributed by atoms with Crippen LogP contribution in [0.4, 0.5) is 4.39 Å². The Morgan fingerprint density at radius 1 is 1.28 bits per heavy atom. The van der Waals surface area contributed by atoms with Crippen LogP contribution in [-0.4, -0.2) is 36.5 Å². The second-order valence-corrected chi connectivity index (χ2v) is 6.54. The van der Waals surface area contributed by atoms with Gasteiger partial charge >= 0.3 is 0 Å². The fraction of sp³-hybridized carbons (Fsp3) is 0.316. The summed E-state index contributed by atoms with van der Waals surface area (Å²) in [7, 11) is 0. The Labute approximate surface area is 151 Å². The zero-order chi connectivity index (χ0) is 17.6. The van der Waals surface area contributed by atoms with E-state index in [2.05, 4.69) is 22.3 Å². The molecule has 1 aliphatic heterocycles. The summed E-state index contributed by atoms with van der Waals surface area (Å²) in [6, 6.07) is 14.2. The van der Waals surface area contributed by atoms with Gasteiger partial charge in [-0.2, -0.15) is 0 Å². The van der Waals surface area contributed by atoms with Crippen LogP contribution in [-0.2, 0) is 11.3 Å². The van der Waals surface area contributed by atoms with Gasteiger partial charge in [-0.3, -0.25) is 9.69 Å². The van der Waals surface area contributed by atoms with E-state index in [1.165, 1.54) is 17.7 Å². The summed E-state index contributed by atoms with van der Waals surface area (Å²) in [5.41, 5.74) is 1.27. The first-order valence-corrected chi connectivity index (χ1v) is 8.61. The lowest BCUT2D eigenvalue weighted by atomic mass is 10.2. The van der Waals surface area contributed by atoms with Crippen molar-refractivity contribution < 1.29 is 13.9 Å². The molecule has 2 aromatic carbocycles. The molecular weight excluding hydrogens is 343 g/mol. The van der Waals surface area contributed by atoms with Crippen LogP contribution >= 0.6 is 11.6 Å². The van der Waals surface area contributed by atoms with Gasteiger partial charge in [-0.1, -0.05) is 41.9 Å². The monoisotopic (exact) mass is 362 g/mol. The Bertz CT molecular complexity index is 727. The van der Waals surface area contributed by atoms with Crippen LogP contribution in [0.3, 0.4) is 0 Å². The highest BCUT2D eigenvalue weighted by Crippen LogP contribution is 2.24. The number of halogens is 2. The minimum atomic E-state index is -0.439. The largest absolute Gasteiger partial charge is 0.482 e. The molecule has 6 heteroatoms. The molecule has 0 radical (unpaired) electrons. The topological polar surface area (TPSA) is 41.6 Å². The normalized spacial score (nSPS) is 17.4. The summed E-state index contributed by atoms with van der Waals surface area (Å²) in [6.45, 7) is 2.51. The zero-order valence-corrected chi connectivity index (χ0v) is 14.5. The van der Waals surface area contributed by atoms with E-state index >= 15 is 0 Å². The summed E-state index contributed by atoms with van der Waals surface area (Å²) in [4.78, 5) is 14.4. The molecule has 1 saturated heterocycles. The molecule has 3 rings (SSSR count). The van der Waals surface area contributed by atoms with Crippen molar-refractivity contribution in [3.63, 3.8) is 0 Å². The van der Waals surface area contributed by atoms with Gasteiger partial charge in [-0.05, 0) is 30.2 Å².